The predicted octanol–water partition coefficient (Wildman–Crippen LogP) is 4.11. The van der Waals surface area contributed by atoms with Crippen LogP contribution in [0.1, 0.15) is 75.1 Å². The van der Waals surface area contributed by atoms with Crippen LogP contribution in [-0.2, 0) is 27.9 Å². The summed E-state index contributed by atoms with van der Waals surface area (Å²) in [5.74, 6) is 1.22. The molecule has 296 valence electrons. The number of rotatable bonds is 9. The van der Waals surface area contributed by atoms with Crippen LogP contribution >= 0.6 is 0 Å². The van der Waals surface area contributed by atoms with Gasteiger partial charge in [-0.15, -0.1) is 0 Å². The zero-order valence-electron chi connectivity index (χ0n) is 32.7. The number of likely N-dealkylation sites (N-methyl/N-ethyl adjacent to an activating group) is 1. The van der Waals surface area contributed by atoms with E-state index in [2.05, 4.69) is 34.6 Å². The maximum atomic E-state index is 14.2. The molecule has 1 aromatic heterocycles. The van der Waals surface area contributed by atoms with Gasteiger partial charge in [0.15, 0.2) is 0 Å². The molecular weight excluding hydrogens is 723 g/mol. The van der Waals surface area contributed by atoms with Gasteiger partial charge in [-0.2, -0.15) is 12.7 Å². The first-order valence-corrected chi connectivity index (χ1v) is 21.0. The molecule has 2 amide bonds. The summed E-state index contributed by atoms with van der Waals surface area (Å²) in [6.07, 6.45) is 5.99. The number of amides is 2. The summed E-state index contributed by atoms with van der Waals surface area (Å²) in [5.41, 5.74) is 4.89. The van der Waals surface area contributed by atoms with Crippen LogP contribution in [0.25, 0.3) is 11.0 Å². The Morgan fingerprint density at radius 3 is 2.36 bits per heavy atom. The van der Waals surface area contributed by atoms with E-state index >= 15 is 0 Å². The number of ether oxygens (including phenoxy) is 2. The minimum atomic E-state index is -4.07. The van der Waals surface area contributed by atoms with Crippen LogP contribution in [0.15, 0.2) is 33.5 Å². The Morgan fingerprint density at radius 2 is 1.69 bits per heavy atom. The van der Waals surface area contributed by atoms with E-state index in [-0.39, 0.29) is 35.9 Å². The molecule has 6 aliphatic rings. The van der Waals surface area contributed by atoms with E-state index in [1.807, 2.05) is 6.92 Å². The maximum Gasteiger partial charge on any atom is 0.341 e. The maximum absolute atomic E-state index is 14.2. The molecule has 1 N–H and O–H groups in total. The molecule has 3 aromatic rings. The first-order valence-electron chi connectivity index (χ1n) is 19.6. The van der Waals surface area contributed by atoms with Gasteiger partial charge in [0.2, 0.25) is 0 Å². The number of piperazine rings is 1. The third-order valence-electron chi connectivity index (χ3n) is 13.1. The number of hydrogen-bond donors (Lipinski definition) is 1. The lowest BCUT2D eigenvalue weighted by Crippen LogP contribution is -2.53. The molecule has 2 aliphatic heterocycles. The van der Waals surface area contributed by atoms with E-state index in [0.29, 0.717) is 60.0 Å². The topological polar surface area (TPSA) is 142 Å². The lowest BCUT2D eigenvalue weighted by atomic mass is 9.55. The smallest absolute Gasteiger partial charge is 0.341 e. The average molecular weight is 776 g/mol. The number of carbonyl (C=O) groups excluding carboxylic acids is 2. The van der Waals surface area contributed by atoms with Crippen molar-refractivity contribution in [3.8, 4) is 5.75 Å². The van der Waals surface area contributed by atoms with Gasteiger partial charge in [-0.3, -0.25) is 14.5 Å². The highest BCUT2D eigenvalue weighted by Gasteiger charge is 2.49. The highest BCUT2D eigenvalue weighted by atomic mass is 32.2. The lowest BCUT2D eigenvalue weighted by molar-refractivity contribution is -0.0791. The first kappa shape index (κ1) is 37.9. The molecule has 55 heavy (non-hydrogen) atoms. The molecule has 4 aliphatic carbocycles. The van der Waals surface area contributed by atoms with E-state index in [1.165, 1.54) is 32.6 Å². The molecular formula is C41H53N5O8S. The van der Waals surface area contributed by atoms with Gasteiger partial charge >= 0.3 is 15.8 Å². The minimum absolute atomic E-state index is 0.0582. The van der Waals surface area contributed by atoms with Crippen molar-refractivity contribution >= 4 is 38.7 Å². The molecule has 1 saturated heterocycles. The van der Waals surface area contributed by atoms with Crippen molar-refractivity contribution in [3.63, 3.8) is 0 Å². The number of methoxy groups -OCH3 is 1. The number of nitrogens with zero attached hydrogens (tertiary/aromatic N) is 4. The van der Waals surface area contributed by atoms with Crippen molar-refractivity contribution in [1.29, 1.82) is 0 Å². The number of nitrogens with one attached hydrogen (secondary N) is 1. The van der Waals surface area contributed by atoms with E-state index in [1.54, 1.807) is 18.1 Å². The molecule has 3 heterocycles. The SMILES string of the molecule is COC[C@H]1CN(c2cc(C)c3c4c(c(=O)oc3c2C)CN(C(=O)c2ccc(C(=O)NS(=O)(=O)N(C)C)c(OC3C5CC6CC(C5)CC3C6)c2)CC4)CCN1C. The summed E-state index contributed by atoms with van der Waals surface area (Å²) in [7, 11) is 2.46. The number of hydrogen-bond acceptors (Lipinski definition) is 10. The Morgan fingerprint density at radius 1 is 0.982 bits per heavy atom. The van der Waals surface area contributed by atoms with Crippen LogP contribution in [0.5, 0.6) is 5.75 Å². The Balaban J connectivity index is 1.08. The molecule has 0 radical (unpaired) electrons. The van der Waals surface area contributed by atoms with Crippen LogP contribution in [0.4, 0.5) is 5.69 Å². The molecule has 1 atom stereocenters. The number of fused-ring (bicyclic) bond motifs is 3. The Labute approximate surface area is 323 Å². The third-order valence-corrected chi connectivity index (χ3v) is 14.5. The average Bonchev–Trinajstić information content (AvgIpc) is 3.14. The van der Waals surface area contributed by atoms with Crippen LogP contribution in [0.3, 0.4) is 0 Å². The zero-order chi connectivity index (χ0) is 38.9. The summed E-state index contributed by atoms with van der Waals surface area (Å²) in [5, 5.41) is 0.930. The highest BCUT2D eigenvalue weighted by Crippen LogP contribution is 2.55. The lowest BCUT2D eigenvalue weighted by Gasteiger charge is -2.53. The Hall–Kier alpha value is -3.98. The van der Waals surface area contributed by atoms with E-state index in [4.69, 9.17) is 13.9 Å². The standard InChI is InChI=1S/C41H53N5O8S/c1-23-13-34(45-12-11-44(5)30(20-45)22-52-6)24(2)37-36(23)31-9-10-46(21-33(31)41(49)54-37)40(48)27-7-8-32(39(47)42-55(50,51)43(3)4)35(19-27)53-38-28-15-25-14-26(17-28)18-29(38)16-25/h7-8,13,19,25-26,28-30,38H,9-12,14-18,20-22H2,1-6H3,(H,42,47)/t25?,26?,28?,29?,30-,38?/m1/s1. The molecule has 13 nitrogen and oxygen atoms in total. The Bertz CT molecular complexity index is 2170. The molecule has 5 fully saturated rings. The summed E-state index contributed by atoms with van der Waals surface area (Å²) in [6, 6.07) is 7.03. The predicted molar refractivity (Wildman–Crippen MR) is 209 cm³/mol. The van der Waals surface area contributed by atoms with Crippen molar-refractivity contribution in [1.82, 2.24) is 18.8 Å². The monoisotopic (exact) mass is 775 g/mol. The van der Waals surface area contributed by atoms with Crippen LogP contribution in [0, 0.1) is 37.5 Å². The highest BCUT2D eigenvalue weighted by molar-refractivity contribution is 7.87. The van der Waals surface area contributed by atoms with E-state index in [0.717, 1.165) is 77.4 Å². The minimum Gasteiger partial charge on any atom is -0.489 e. The molecule has 9 rings (SSSR count). The quantitative estimate of drug-likeness (QED) is 0.316. The van der Waals surface area contributed by atoms with Crippen LogP contribution < -0.4 is 20.0 Å². The number of benzene rings is 2. The van der Waals surface area contributed by atoms with Crippen molar-refractivity contribution in [3.05, 3.63) is 68.1 Å². The van der Waals surface area contributed by atoms with E-state index < -0.39 is 21.7 Å². The van der Waals surface area contributed by atoms with Crippen molar-refractivity contribution in [2.24, 2.45) is 23.7 Å². The second kappa shape index (κ2) is 14.5. The van der Waals surface area contributed by atoms with Crippen molar-refractivity contribution < 1.29 is 31.9 Å². The molecule has 0 unspecified atom stereocenters. The fraction of sp³-hybridized carbons (Fsp3) is 0.585. The number of anilines is 1. The van der Waals surface area contributed by atoms with Crippen LogP contribution in [0.2, 0.25) is 0 Å². The normalized spacial score (nSPS) is 26.5. The first-order chi connectivity index (χ1) is 26.2. The fourth-order valence-corrected chi connectivity index (χ4v) is 10.9. The van der Waals surface area contributed by atoms with Gasteiger partial charge in [0.25, 0.3) is 11.8 Å². The Kier molecular flexibility index (Phi) is 10.0. The number of carbonyl (C=O) groups is 2. The van der Waals surface area contributed by atoms with Gasteiger partial charge in [0.1, 0.15) is 17.4 Å². The van der Waals surface area contributed by atoms with E-state index in [9.17, 15) is 22.8 Å². The van der Waals surface area contributed by atoms with Crippen molar-refractivity contribution in [2.75, 3.05) is 65.9 Å². The third kappa shape index (κ3) is 6.93. The van der Waals surface area contributed by atoms with Gasteiger partial charge in [-0.05, 0) is 118 Å². The van der Waals surface area contributed by atoms with Gasteiger partial charge in [0.05, 0.1) is 30.3 Å². The molecule has 4 saturated carbocycles. The summed E-state index contributed by atoms with van der Waals surface area (Å²) in [6.45, 7) is 7.72. The number of aryl methyl sites for hydroxylation is 2. The van der Waals surface area contributed by atoms with Gasteiger partial charge < -0.3 is 23.7 Å². The fourth-order valence-electron chi connectivity index (χ4n) is 10.4. The molecule has 14 heteroatoms. The molecule has 2 aromatic carbocycles. The van der Waals surface area contributed by atoms with Gasteiger partial charge in [-0.1, -0.05) is 0 Å². The second-order valence-corrected chi connectivity index (χ2v) is 18.7. The summed E-state index contributed by atoms with van der Waals surface area (Å²) in [4.78, 5) is 47.7. The molecule has 0 spiro atoms. The van der Waals surface area contributed by atoms with Crippen LogP contribution in [-0.4, -0.2) is 108 Å². The van der Waals surface area contributed by atoms with Gasteiger partial charge in [-0.25, -0.2) is 9.52 Å². The van der Waals surface area contributed by atoms with Gasteiger partial charge in [0, 0.05) is 69.6 Å². The summed E-state index contributed by atoms with van der Waals surface area (Å²) >= 11 is 0. The van der Waals surface area contributed by atoms with Crippen molar-refractivity contribution in [2.45, 2.75) is 71.1 Å². The second-order valence-electron chi connectivity index (χ2n) is 16.8. The zero-order valence-corrected chi connectivity index (χ0v) is 33.5. The largest absolute Gasteiger partial charge is 0.489 e. The molecule has 4 bridgehead atoms. The summed E-state index contributed by atoms with van der Waals surface area (Å²) < 4.78 is 46.6.